The highest BCUT2D eigenvalue weighted by molar-refractivity contribution is 7.97. The van der Waals surface area contributed by atoms with Gasteiger partial charge in [0.2, 0.25) is 23.6 Å². The van der Waals surface area contributed by atoms with Gasteiger partial charge in [-0.15, -0.1) is 0 Å². The Morgan fingerprint density at radius 2 is 1.62 bits per heavy atom. The van der Waals surface area contributed by atoms with Crippen LogP contribution in [0, 0.1) is 5.41 Å². The Labute approximate surface area is 394 Å². The largest absolute Gasteiger partial charge is 0.481 e. The second-order valence-electron chi connectivity index (χ2n) is 14.9. The molecule has 0 aromatic carbocycles. The number of imidazole rings is 1. The highest BCUT2D eigenvalue weighted by Gasteiger charge is 2.50. The van der Waals surface area contributed by atoms with Gasteiger partial charge in [0.05, 0.1) is 19.5 Å². The van der Waals surface area contributed by atoms with Crippen molar-refractivity contribution in [1.82, 2.24) is 45.5 Å². The van der Waals surface area contributed by atoms with E-state index in [1.54, 1.807) is 0 Å². The van der Waals surface area contributed by atoms with Crippen LogP contribution in [0.3, 0.4) is 0 Å². The van der Waals surface area contributed by atoms with Gasteiger partial charge in [-0.25, -0.2) is 33.4 Å². The number of amides is 4. The lowest BCUT2D eigenvalue weighted by Gasteiger charge is -2.30. The third kappa shape index (κ3) is 18.8. The molecule has 3 heterocycles. The van der Waals surface area contributed by atoms with Crippen molar-refractivity contribution in [3.8, 4) is 0 Å². The summed E-state index contributed by atoms with van der Waals surface area (Å²) in [5.74, 6) is -5.77. The maximum absolute atomic E-state index is 12.7. The first-order valence-corrected chi connectivity index (χ1v) is 25.6. The summed E-state index contributed by atoms with van der Waals surface area (Å²) in [6.07, 6.45) is -7.83. The molecule has 1 saturated heterocycles. The zero-order valence-corrected chi connectivity index (χ0v) is 40.0. The van der Waals surface area contributed by atoms with Gasteiger partial charge in [0.1, 0.15) is 54.9 Å². The second-order valence-corrected chi connectivity index (χ2v) is 20.4. The summed E-state index contributed by atoms with van der Waals surface area (Å²) in [6, 6.07) is -2.37. The molecule has 4 amide bonds. The Bertz CT molecular complexity index is 2260. The van der Waals surface area contributed by atoms with E-state index in [0.29, 0.717) is 0 Å². The zero-order chi connectivity index (χ0) is 51.2. The summed E-state index contributed by atoms with van der Waals surface area (Å²) in [4.78, 5) is 123. The van der Waals surface area contributed by atoms with Crippen LogP contribution in [0.15, 0.2) is 12.7 Å². The zero-order valence-electron chi connectivity index (χ0n) is 35.6. The standard InChI is InChI=1S/C31H51N10O22P3S2/c1-31(2,24(47)28(49)34-6-5-18(42)33-7-8-68-40-15(30(50)51)3-4-19(43)39-16(11-67)27(48)35-9-20(44)45)12-60-66(57,58)63-65(55,56)59-10-17-23(62-64(52,53)54)22(46)29(61-17)41-14-38-21-25(32)36-13-37-26(21)41/h13-17,22-24,29,40,46-47,67H,3-12H2,1-2H3,(H,33,42)(H,34,49)(H,35,48)(H,39,43)(H,44,45)(H,50,51)(H,55,56)(H,57,58)(H2,32,36,37)(H2,52,53,54)/t15-,16-,17+,22+,23+,24-,29+/m0/s1. The Morgan fingerprint density at radius 1 is 0.941 bits per heavy atom. The molecule has 384 valence electrons. The van der Waals surface area contributed by atoms with Crippen LogP contribution in [-0.4, -0.2) is 176 Å². The van der Waals surface area contributed by atoms with Crippen LogP contribution in [0.4, 0.5) is 5.82 Å². The molecule has 0 saturated carbocycles. The van der Waals surface area contributed by atoms with Gasteiger partial charge in [-0.3, -0.25) is 46.9 Å². The van der Waals surface area contributed by atoms with E-state index in [1.165, 1.54) is 13.8 Å². The number of anilines is 1. The first-order chi connectivity index (χ1) is 31.6. The average molecular weight is 1070 g/mol. The van der Waals surface area contributed by atoms with E-state index in [4.69, 9.17) is 24.6 Å². The SMILES string of the molecule is CC(C)(COP(=O)(O)OP(=O)(O)OC[C@H]1O[C@@H](n2cnc3c(N)ncnc32)[C@H](O)[C@@H]1OP(=O)(O)O)[C@@H](O)C(=O)NCCC(=O)NCCSN[C@@H](CCC(=O)N[C@@H](CS)C(=O)NCC(=O)O)C(=O)O. The fourth-order valence-electron chi connectivity index (χ4n) is 5.60. The molecule has 2 aromatic heterocycles. The molecule has 37 heteroatoms. The van der Waals surface area contributed by atoms with Gasteiger partial charge in [0.25, 0.3) is 0 Å². The molecule has 1 aliphatic heterocycles. The number of carbonyl (C=O) groups excluding carboxylic acids is 4. The van der Waals surface area contributed by atoms with E-state index < -0.39 is 127 Å². The molecule has 0 aliphatic carbocycles. The van der Waals surface area contributed by atoms with Crippen LogP contribution in [0.25, 0.3) is 11.2 Å². The number of carboxylic acids is 2. The predicted octanol–water partition coefficient (Wildman–Crippen LogP) is -3.51. The van der Waals surface area contributed by atoms with Crippen molar-refractivity contribution in [3.05, 3.63) is 12.7 Å². The summed E-state index contributed by atoms with van der Waals surface area (Å²) in [7, 11) is -16.6. The minimum atomic E-state index is -5.63. The van der Waals surface area contributed by atoms with Gasteiger partial charge in [-0.05, 0) is 6.42 Å². The molecule has 2 unspecified atom stereocenters. The second kappa shape index (κ2) is 25.8. The molecule has 32 nitrogen and oxygen atoms in total. The lowest BCUT2D eigenvalue weighted by atomic mass is 9.87. The Kier molecular flexibility index (Phi) is 22.2. The number of aromatic nitrogens is 4. The van der Waals surface area contributed by atoms with E-state index in [2.05, 4.69) is 62.4 Å². The number of nitrogens with zero attached hydrogens (tertiary/aromatic N) is 4. The molecule has 0 bridgehead atoms. The number of carbonyl (C=O) groups is 6. The van der Waals surface area contributed by atoms with Crippen molar-refractivity contribution >= 4 is 101 Å². The van der Waals surface area contributed by atoms with Gasteiger partial charge in [0, 0.05) is 42.9 Å². The number of hydrogen-bond donors (Lipinski definition) is 15. The normalized spacial score (nSPS) is 20.6. The topological polar surface area (TPSA) is 491 Å². The number of ether oxygens (including phenoxy) is 1. The maximum Gasteiger partial charge on any atom is 0.481 e. The monoisotopic (exact) mass is 1070 g/mol. The Hall–Kier alpha value is -3.92. The predicted molar refractivity (Wildman–Crippen MR) is 232 cm³/mol. The van der Waals surface area contributed by atoms with E-state index in [1.807, 2.05) is 0 Å². The van der Waals surface area contributed by atoms with E-state index in [9.17, 15) is 77.4 Å². The first kappa shape index (κ1) is 58.4. The number of thiol groups is 1. The number of carboxylic acid groups (broad SMARTS) is 2. The number of phosphoric ester groups is 3. The minimum absolute atomic E-state index is 0.00428. The molecule has 1 fully saturated rings. The number of phosphoric acid groups is 3. The molecule has 3 rings (SSSR count). The highest BCUT2D eigenvalue weighted by Crippen LogP contribution is 2.61. The van der Waals surface area contributed by atoms with Crippen molar-refractivity contribution < 1.29 is 105 Å². The number of rotatable bonds is 30. The average Bonchev–Trinajstić information content (AvgIpc) is 3.80. The fourth-order valence-corrected chi connectivity index (χ4v) is 9.42. The molecular weight excluding hydrogens is 1020 g/mol. The first-order valence-electron chi connectivity index (χ1n) is 19.4. The van der Waals surface area contributed by atoms with Crippen molar-refractivity contribution in [2.75, 3.05) is 50.1 Å². The van der Waals surface area contributed by atoms with Gasteiger partial charge < -0.3 is 71.7 Å². The smallest absolute Gasteiger partial charge is 0.480 e. The number of aliphatic hydroxyl groups is 2. The molecule has 0 spiro atoms. The minimum Gasteiger partial charge on any atom is -0.480 e. The molecule has 9 atom stereocenters. The van der Waals surface area contributed by atoms with Crippen LogP contribution in [0.5, 0.6) is 0 Å². The highest BCUT2D eigenvalue weighted by atomic mass is 32.2. The van der Waals surface area contributed by atoms with Gasteiger partial charge in [-0.2, -0.15) is 16.9 Å². The van der Waals surface area contributed by atoms with E-state index in [-0.39, 0.29) is 60.8 Å². The number of nitrogens with two attached hydrogens (primary N) is 1. The summed E-state index contributed by atoms with van der Waals surface area (Å²) < 4.78 is 64.8. The molecular formula is C31H51N10O22P3S2. The third-order valence-electron chi connectivity index (χ3n) is 9.04. The quantitative estimate of drug-likeness (QED) is 0.0156. The lowest BCUT2D eigenvalue weighted by Crippen LogP contribution is -2.49. The number of fused-ring (bicyclic) bond motifs is 1. The van der Waals surface area contributed by atoms with Crippen molar-refractivity contribution in [1.29, 1.82) is 0 Å². The fraction of sp³-hybridized carbons (Fsp3) is 0.645. The molecule has 68 heavy (non-hydrogen) atoms. The summed E-state index contributed by atoms with van der Waals surface area (Å²) in [5.41, 5.74) is 4.13. The maximum atomic E-state index is 12.7. The van der Waals surface area contributed by atoms with E-state index >= 15 is 0 Å². The van der Waals surface area contributed by atoms with Crippen LogP contribution in [0.1, 0.15) is 39.3 Å². The molecule has 15 N–H and O–H groups in total. The number of aliphatic carboxylic acids is 2. The molecule has 1 aliphatic rings. The van der Waals surface area contributed by atoms with Crippen LogP contribution < -0.4 is 31.7 Å². The van der Waals surface area contributed by atoms with Crippen LogP contribution in [0.2, 0.25) is 0 Å². The van der Waals surface area contributed by atoms with Crippen molar-refractivity contribution in [2.24, 2.45) is 5.41 Å². The number of aliphatic hydroxyl groups excluding tert-OH is 2. The van der Waals surface area contributed by atoms with Gasteiger partial charge in [-0.1, -0.05) is 25.8 Å². The number of hydrogen-bond acceptors (Lipinski definition) is 23. The Balaban J connectivity index is 1.40. The van der Waals surface area contributed by atoms with Crippen molar-refractivity contribution in [3.63, 3.8) is 0 Å². The van der Waals surface area contributed by atoms with Gasteiger partial charge in [0.15, 0.2) is 17.7 Å². The molecule has 0 radical (unpaired) electrons. The lowest BCUT2D eigenvalue weighted by molar-refractivity contribution is -0.139. The van der Waals surface area contributed by atoms with Crippen LogP contribution >= 0.6 is 48.0 Å². The van der Waals surface area contributed by atoms with Crippen LogP contribution in [-0.2, 0) is 65.1 Å². The third-order valence-corrected chi connectivity index (χ3v) is 13.4. The summed E-state index contributed by atoms with van der Waals surface area (Å²) >= 11 is 4.86. The molecule has 2 aromatic rings. The van der Waals surface area contributed by atoms with Gasteiger partial charge >= 0.3 is 35.4 Å². The van der Waals surface area contributed by atoms with Crippen molar-refractivity contribution in [2.45, 2.75) is 75.8 Å². The number of nitrogen functional groups attached to an aromatic ring is 1. The van der Waals surface area contributed by atoms with E-state index in [0.717, 1.165) is 29.2 Å². The number of nitrogens with one attached hydrogen (secondary N) is 5. The summed E-state index contributed by atoms with van der Waals surface area (Å²) in [6.45, 7) is -0.683. The summed E-state index contributed by atoms with van der Waals surface area (Å²) in [5, 5.41) is 48.9. The Morgan fingerprint density at radius 3 is 2.25 bits per heavy atom.